The molecule has 1 saturated carbocycles. The number of rotatable bonds is 3. The summed E-state index contributed by atoms with van der Waals surface area (Å²) in [5.41, 5.74) is 0. The van der Waals surface area contributed by atoms with E-state index in [2.05, 4.69) is 4.98 Å². The van der Waals surface area contributed by atoms with Crippen LogP contribution in [-0.4, -0.2) is 25.4 Å². The molecule has 1 aromatic heterocycles. The number of nitrogens with zero attached hydrogens (tertiary/aromatic N) is 1. The molecule has 4 nitrogen and oxygen atoms in total. The van der Waals surface area contributed by atoms with Crippen molar-refractivity contribution in [2.45, 2.75) is 22.8 Å². The van der Waals surface area contributed by atoms with Crippen LogP contribution in [0.3, 0.4) is 0 Å². The Bertz CT molecular complexity index is 423. The van der Waals surface area contributed by atoms with Crippen molar-refractivity contribution in [1.82, 2.24) is 4.98 Å². The zero-order valence-corrected chi connectivity index (χ0v) is 8.62. The standard InChI is InChI=1S/C9H11NO3S/c1-13-9(5-6-9)14(11,12)8-4-2-3-7-10-8/h2-4,7H,5-6H2,1H3. The Morgan fingerprint density at radius 1 is 1.43 bits per heavy atom. The van der Waals surface area contributed by atoms with E-state index in [4.69, 9.17) is 4.74 Å². The number of hydrogen-bond acceptors (Lipinski definition) is 4. The molecule has 5 heteroatoms. The van der Waals surface area contributed by atoms with Gasteiger partial charge in [-0.05, 0) is 25.0 Å². The predicted molar refractivity (Wildman–Crippen MR) is 50.4 cm³/mol. The molecule has 0 amide bonds. The average molecular weight is 213 g/mol. The molecule has 14 heavy (non-hydrogen) atoms. The Kier molecular flexibility index (Phi) is 2.08. The Labute approximate surface area is 82.8 Å². The van der Waals surface area contributed by atoms with Gasteiger partial charge in [-0.25, -0.2) is 13.4 Å². The van der Waals surface area contributed by atoms with Gasteiger partial charge in [0.2, 0.25) is 9.84 Å². The molecule has 2 rings (SSSR count). The molecule has 1 heterocycles. The molecule has 1 aliphatic rings. The first-order valence-electron chi connectivity index (χ1n) is 4.33. The van der Waals surface area contributed by atoms with Gasteiger partial charge in [0.1, 0.15) is 0 Å². The van der Waals surface area contributed by atoms with Crippen LogP contribution in [0.4, 0.5) is 0 Å². The number of sulfone groups is 1. The van der Waals surface area contributed by atoms with E-state index in [1.165, 1.54) is 19.4 Å². The summed E-state index contributed by atoms with van der Waals surface area (Å²) in [5, 5.41) is 0.0966. The van der Waals surface area contributed by atoms with Crippen LogP contribution in [0.1, 0.15) is 12.8 Å². The molecule has 0 atom stereocenters. The number of ether oxygens (including phenoxy) is 1. The molecule has 0 unspecified atom stereocenters. The molecule has 0 radical (unpaired) electrons. The normalized spacial score (nSPS) is 19.2. The van der Waals surface area contributed by atoms with Crippen LogP contribution in [0, 0.1) is 0 Å². The van der Waals surface area contributed by atoms with Gasteiger partial charge < -0.3 is 4.74 Å². The van der Waals surface area contributed by atoms with Crippen molar-refractivity contribution < 1.29 is 13.2 Å². The molecule has 0 bridgehead atoms. The number of methoxy groups -OCH3 is 1. The maximum Gasteiger partial charge on any atom is 0.225 e. The van der Waals surface area contributed by atoms with Gasteiger partial charge in [0.25, 0.3) is 0 Å². The summed E-state index contributed by atoms with van der Waals surface area (Å²) in [4.78, 5) is 2.84. The molecule has 0 saturated heterocycles. The van der Waals surface area contributed by atoms with Gasteiger partial charge in [-0.3, -0.25) is 0 Å². The number of aromatic nitrogens is 1. The van der Waals surface area contributed by atoms with Gasteiger partial charge in [0.15, 0.2) is 9.96 Å². The highest BCUT2D eigenvalue weighted by atomic mass is 32.2. The van der Waals surface area contributed by atoms with E-state index in [1.807, 2.05) is 0 Å². The SMILES string of the molecule is COC1(S(=O)(=O)c2ccccn2)CC1. The van der Waals surface area contributed by atoms with Gasteiger partial charge in [-0.1, -0.05) is 6.07 Å². The Balaban J connectivity index is 2.44. The summed E-state index contributed by atoms with van der Waals surface area (Å²) >= 11 is 0. The van der Waals surface area contributed by atoms with Crippen molar-refractivity contribution in [3.63, 3.8) is 0 Å². The first-order valence-corrected chi connectivity index (χ1v) is 5.81. The molecular weight excluding hydrogens is 202 g/mol. The summed E-state index contributed by atoms with van der Waals surface area (Å²) < 4.78 is 29.0. The minimum absolute atomic E-state index is 0.0966. The van der Waals surface area contributed by atoms with Crippen molar-refractivity contribution in [2.24, 2.45) is 0 Å². The van der Waals surface area contributed by atoms with Crippen LogP contribution in [0.5, 0.6) is 0 Å². The first-order chi connectivity index (χ1) is 6.62. The van der Waals surface area contributed by atoms with E-state index in [-0.39, 0.29) is 5.03 Å². The third-order valence-corrected chi connectivity index (χ3v) is 4.78. The maximum atomic E-state index is 12.0. The lowest BCUT2D eigenvalue weighted by Crippen LogP contribution is -2.25. The molecular formula is C9H11NO3S. The highest BCUT2D eigenvalue weighted by Crippen LogP contribution is 2.46. The van der Waals surface area contributed by atoms with Crippen LogP contribution >= 0.6 is 0 Å². The lowest BCUT2D eigenvalue weighted by Gasteiger charge is -2.13. The average Bonchev–Trinajstić information content (AvgIpc) is 3.00. The minimum atomic E-state index is -3.41. The van der Waals surface area contributed by atoms with E-state index < -0.39 is 14.8 Å². The largest absolute Gasteiger partial charge is 0.362 e. The highest BCUT2D eigenvalue weighted by molar-refractivity contribution is 7.92. The second-order valence-corrected chi connectivity index (χ2v) is 5.46. The predicted octanol–water partition coefficient (Wildman–Crippen LogP) is 0.992. The van der Waals surface area contributed by atoms with Crippen LogP contribution in [-0.2, 0) is 14.6 Å². The van der Waals surface area contributed by atoms with Crippen molar-refractivity contribution in [3.8, 4) is 0 Å². The van der Waals surface area contributed by atoms with Crippen molar-refractivity contribution in [3.05, 3.63) is 24.4 Å². The summed E-state index contributed by atoms with van der Waals surface area (Å²) in [6.45, 7) is 0. The highest BCUT2D eigenvalue weighted by Gasteiger charge is 2.56. The third kappa shape index (κ3) is 1.24. The van der Waals surface area contributed by atoms with Crippen LogP contribution < -0.4 is 0 Å². The molecule has 0 aromatic carbocycles. The quantitative estimate of drug-likeness (QED) is 0.751. The van der Waals surface area contributed by atoms with Crippen LogP contribution in [0.15, 0.2) is 29.4 Å². The van der Waals surface area contributed by atoms with Gasteiger partial charge in [0.05, 0.1) is 0 Å². The molecule has 0 N–H and O–H groups in total. The molecule has 1 aromatic rings. The van der Waals surface area contributed by atoms with E-state index in [0.717, 1.165) is 0 Å². The lowest BCUT2D eigenvalue weighted by atomic mass is 10.5. The molecule has 1 fully saturated rings. The van der Waals surface area contributed by atoms with Crippen molar-refractivity contribution in [1.29, 1.82) is 0 Å². The van der Waals surface area contributed by atoms with E-state index >= 15 is 0 Å². The van der Waals surface area contributed by atoms with Gasteiger partial charge in [0, 0.05) is 13.3 Å². The van der Waals surface area contributed by atoms with E-state index in [0.29, 0.717) is 12.8 Å². The summed E-state index contributed by atoms with van der Waals surface area (Å²) in [6, 6.07) is 4.84. The zero-order chi connectivity index (χ0) is 10.2. The second kappa shape index (κ2) is 3.03. The number of pyridine rings is 1. The Morgan fingerprint density at radius 3 is 2.57 bits per heavy atom. The monoisotopic (exact) mass is 213 g/mol. The summed E-state index contributed by atoms with van der Waals surface area (Å²) in [5.74, 6) is 0. The smallest absolute Gasteiger partial charge is 0.225 e. The maximum absolute atomic E-state index is 12.0. The third-order valence-electron chi connectivity index (χ3n) is 2.43. The van der Waals surface area contributed by atoms with Crippen molar-refractivity contribution >= 4 is 9.84 Å². The Hall–Kier alpha value is -0.940. The topological polar surface area (TPSA) is 56.3 Å². The van der Waals surface area contributed by atoms with Gasteiger partial charge >= 0.3 is 0 Å². The number of hydrogen-bond donors (Lipinski definition) is 0. The Morgan fingerprint density at radius 2 is 2.14 bits per heavy atom. The fourth-order valence-electron chi connectivity index (χ4n) is 1.38. The van der Waals surface area contributed by atoms with E-state index in [1.54, 1.807) is 12.1 Å². The van der Waals surface area contributed by atoms with Crippen LogP contribution in [0.25, 0.3) is 0 Å². The fourth-order valence-corrected chi connectivity index (χ4v) is 3.08. The first kappa shape index (κ1) is 9.61. The van der Waals surface area contributed by atoms with Crippen molar-refractivity contribution in [2.75, 3.05) is 7.11 Å². The fraction of sp³-hybridized carbons (Fsp3) is 0.444. The van der Waals surface area contributed by atoms with Gasteiger partial charge in [-0.15, -0.1) is 0 Å². The second-order valence-electron chi connectivity index (χ2n) is 3.29. The minimum Gasteiger partial charge on any atom is -0.362 e. The lowest BCUT2D eigenvalue weighted by molar-refractivity contribution is 0.145. The zero-order valence-electron chi connectivity index (χ0n) is 7.80. The molecule has 76 valence electrons. The van der Waals surface area contributed by atoms with E-state index in [9.17, 15) is 8.42 Å². The van der Waals surface area contributed by atoms with Crippen LogP contribution in [0.2, 0.25) is 0 Å². The van der Waals surface area contributed by atoms with Gasteiger partial charge in [-0.2, -0.15) is 0 Å². The molecule has 0 spiro atoms. The molecule has 0 aliphatic heterocycles. The molecule has 1 aliphatic carbocycles. The summed E-state index contributed by atoms with van der Waals surface area (Å²) in [6.07, 6.45) is 2.59. The summed E-state index contributed by atoms with van der Waals surface area (Å²) in [7, 11) is -1.99.